The summed E-state index contributed by atoms with van der Waals surface area (Å²) >= 11 is 3.74. The van der Waals surface area contributed by atoms with Gasteiger partial charge >= 0.3 is 0 Å². The molecule has 2 aliphatic heterocycles. The molecule has 1 aromatic carbocycles. The van der Waals surface area contributed by atoms with Gasteiger partial charge in [-0.15, -0.1) is 11.3 Å². The van der Waals surface area contributed by atoms with Crippen LogP contribution in [0.3, 0.4) is 0 Å². The van der Waals surface area contributed by atoms with Gasteiger partial charge in [0.25, 0.3) is 5.91 Å². The van der Waals surface area contributed by atoms with Crippen LogP contribution in [0.1, 0.15) is 16.5 Å². The number of carbonyl (C=O) groups is 1. The summed E-state index contributed by atoms with van der Waals surface area (Å²) in [5, 5.41) is 2.61. The second kappa shape index (κ2) is 7.07. The molecule has 0 N–H and O–H groups in total. The second-order valence-corrected chi connectivity index (χ2v) is 8.14. The first-order valence-electron chi connectivity index (χ1n) is 8.13. The predicted molar refractivity (Wildman–Crippen MR) is 97.1 cm³/mol. The molecule has 0 spiro atoms. The third kappa shape index (κ3) is 3.26. The zero-order valence-electron chi connectivity index (χ0n) is 13.2. The van der Waals surface area contributed by atoms with E-state index in [9.17, 15) is 4.79 Å². The molecule has 0 aliphatic carbocycles. The molecule has 2 aliphatic rings. The zero-order valence-corrected chi connectivity index (χ0v) is 14.9. The smallest absolute Gasteiger partial charge is 0.267 e. The van der Waals surface area contributed by atoms with Gasteiger partial charge in [-0.1, -0.05) is 18.2 Å². The number of benzene rings is 1. The molecule has 1 amide bonds. The molecule has 0 bridgehead atoms. The summed E-state index contributed by atoms with van der Waals surface area (Å²) in [6.45, 7) is 1.83. The standard InChI is InChI=1S/C18H19NO3S2/c20-18(15-12-21-13-4-1-2-5-14(13)22-15)19-8-7-17(24-11-9-19)16-6-3-10-23-16/h1-6,10,15,17H,7-9,11-12H2. The van der Waals surface area contributed by atoms with Crippen LogP contribution in [-0.4, -0.2) is 42.4 Å². The predicted octanol–water partition coefficient (Wildman–Crippen LogP) is 3.59. The topological polar surface area (TPSA) is 38.8 Å². The van der Waals surface area contributed by atoms with Crippen LogP contribution in [0.4, 0.5) is 0 Å². The number of thioether (sulfide) groups is 1. The average molecular weight is 361 g/mol. The lowest BCUT2D eigenvalue weighted by molar-refractivity contribution is -0.140. The molecule has 2 unspecified atom stereocenters. The fourth-order valence-corrected chi connectivity index (χ4v) is 5.27. The molecule has 2 aromatic rings. The molecule has 4 rings (SSSR count). The Bertz CT molecular complexity index is 704. The fourth-order valence-electron chi connectivity index (χ4n) is 3.04. The lowest BCUT2D eigenvalue weighted by atomic mass is 10.2. The summed E-state index contributed by atoms with van der Waals surface area (Å²) in [5.74, 6) is 2.36. The van der Waals surface area contributed by atoms with Crippen molar-refractivity contribution < 1.29 is 14.3 Å². The Morgan fingerprint density at radius 3 is 2.83 bits per heavy atom. The van der Waals surface area contributed by atoms with E-state index >= 15 is 0 Å². The number of hydrogen-bond acceptors (Lipinski definition) is 5. The first kappa shape index (κ1) is 15.8. The van der Waals surface area contributed by atoms with Gasteiger partial charge in [-0.3, -0.25) is 4.79 Å². The first-order chi connectivity index (χ1) is 11.8. The van der Waals surface area contributed by atoms with Crippen molar-refractivity contribution in [1.82, 2.24) is 4.90 Å². The van der Waals surface area contributed by atoms with E-state index in [4.69, 9.17) is 9.47 Å². The van der Waals surface area contributed by atoms with Crippen molar-refractivity contribution in [3.05, 3.63) is 46.7 Å². The van der Waals surface area contributed by atoms with Crippen molar-refractivity contribution >= 4 is 29.0 Å². The Balaban J connectivity index is 1.40. The van der Waals surface area contributed by atoms with E-state index in [-0.39, 0.29) is 12.5 Å². The number of para-hydroxylation sites is 2. The maximum Gasteiger partial charge on any atom is 0.267 e. The van der Waals surface area contributed by atoms with Crippen LogP contribution in [0.2, 0.25) is 0 Å². The lowest BCUT2D eigenvalue weighted by Gasteiger charge is -2.30. The first-order valence-corrected chi connectivity index (χ1v) is 10.1. The normalized spacial score (nSPS) is 23.6. The van der Waals surface area contributed by atoms with Crippen LogP contribution in [0, 0.1) is 0 Å². The molecule has 0 radical (unpaired) electrons. The molecule has 4 nitrogen and oxygen atoms in total. The molecule has 1 fully saturated rings. The Labute approximate surface area is 149 Å². The molecule has 1 saturated heterocycles. The molecule has 24 heavy (non-hydrogen) atoms. The van der Waals surface area contributed by atoms with Gasteiger partial charge in [0.2, 0.25) is 6.10 Å². The van der Waals surface area contributed by atoms with Gasteiger partial charge in [0.1, 0.15) is 6.61 Å². The van der Waals surface area contributed by atoms with Gasteiger partial charge in [0.05, 0.1) is 0 Å². The maximum absolute atomic E-state index is 12.8. The van der Waals surface area contributed by atoms with Gasteiger partial charge in [-0.2, -0.15) is 11.8 Å². The molecule has 0 saturated carbocycles. The number of hydrogen-bond donors (Lipinski definition) is 0. The molecule has 3 heterocycles. The van der Waals surface area contributed by atoms with Gasteiger partial charge in [0.15, 0.2) is 11.5 Å². The van der Waals surface area contributed by atoms with Crippen LogP contribution in [0.25, 0.3) is 0 Å². The van der Waals surface area contributed by atoms with Crippen LogP contribution in [0.5, 0.6) is 11.5 Å². The highest BCUT2D eigenvalue weighted by molar-refractivity contribution is 7.99. The summed E-state index contributed by atoms with van der Waals surface area (Å²) in [4.78, 5) is 16.2. The zero-order chi connectivity index (χ0) is 16.4. The van der Waals surface area contributed by atoms with Gasteiger partial charge in [0, 0.05) is 29.0 Å². The Morgan fingerprint density at radius 2 is 2.00 bits per heavy atom. The Morgan fingerprint density at radius 1 is 1.12 bits per heavy atom. The van der Waals surface area contributed by atoms with E-state index in [0.29, 0.717) is 16.7 Å². The molecule has 126 valence electrons. The SMILES string of the molecule is O=C(C1COc2ccccc2O1)N1CCSC(c2cccs2)CC1. The lowest BCUT2D eigenvalue weighted by Crippen LogP contribution is -2.47. The minimum atomic E-state index is -0.539. The fraction of sp³-hybridized carbons (Fsp3) is 0.389. The Hall–Kier alpha value is -1.66. The minimum Gasteiger partial charge on any atom is -0.485 e. The van der Waals surface area contributed by atoms with Gasteiger partial charge in [-0.05, 0) is 30.0 Å². The number of fused-ring (bicyclic) bond motifs is 1. The van der Waals surface area contributed by atoms with Crippen molar-refractivity contribution in [3.63, 3.8) is 0 Å². The highest BCUT2D eigenvalue weighted by atomic mass is 32.2. The highest BCUT2D eigenvalue weighted by Gasteiger charge is 2.32. The van der Waals surface area contributed by atoms with Crippen molar-refractivity contribution in [2.24, 2.45) is 0 Å². The number of thiophene rings is 1. The number of ether oxygens (including phenoxy) is 2. The second-order valence-electron chi connectivity index (χ2n) is 5.85. The highest BCUT2D eigenvalue weighted by Crippen LogP contribution is 2.37. The van der Waals surface area contributed by atoms with Crippen molar-refractivity contribution in [2.45, 2.75) is 17.8 Å². The maximum atomic E-state index is 12.8. The number of rotatable bonds is 2. The molecule has 2 atom stereocenters. The summed E-state index contributed by atoms with van der Waals surface area (Å²) in [6, 6.07) is 11.8. The number of nitrogens with zero attached hydrogens (tertiary/aromatic N) is 1. The monoisotopic (exact) mass is 361 g/mol. The number of carbonyl (C=O) groups excluding carboxylic acids is 1. The van der Waals surface area contributed by atoms with Crippen molar-refractivity contribution in [1.29, 1.82) is 0 Å². The third-order valence-corrected chi connectivity index (χ3v) is 6.74. The van der Waals surface area contributed by atoms with Gasteiger partial charge < -0.3 is 14.4 Å². The number of amides is 1. The summed E-state index contributed by atoms with van der Waals surface area (Å²) in [6.07, 6.45) is 0.448. The van der Waals surface area contributed by atoms with Crippen LogP contribution < -0.4 is 9.47 Å². The third-order valence-electron chi connectivity index (χ3n) is 4.30. The quantitative estimate of drug-likeness (QED) is 0.819. The minimum absolute atomic E-state index is 0.0388. The summed E-state index contributed by atoms with van der Waals surface area (Å²) in [5.41, 5.74) is 0. The van der Waals surface area contributed by atoms with E-state index < -0.39 is 6.10 Å². The molecule has 1 aromatic heterocycles. The van der Waals surface area contributed by atoms with Gasteiger partial charge in [-0.25, -0.2) is 0 Å². The van der Waals surface area contributed by atoms with Crippen LogP contribution >= 0.6 is 23.1 Å². The van der Waals surface area contributed by atoms with E-state index in [1.54, 1.807) is 11.3 Å². The van der Waals surface area contributed by atoms with E-state index in [1.807, 2.05) is 40.9 Å². The van der Waals surface area contributed by atoms with Crippen LogP contribution in [0.15, 0.2) is 41.8 Å². The van der Waals surface area contributed by atoms with E-state index in [0.717, 1.165) is 25.3 Å². The largest absolute Gasteiger partial charge is 0.485 e. The summed E-state index contributed by atoms with van der Waals surface area (Å²) < 4.78 is 11.5. The molecule has 6 heteroatoms. The molecular weight excluding hydrogens is 342 g/mol. The Kier molecular flexibility index (Phi) is 4.67. The van der Waals surface area contributed by atoms with Crippen molar-refractivity contribution in [3.8, 4) is 11.5 Å². The molecular formula is C18H19NO3S2. The summed E-state index contributed by atoms with van der Waals surface area (Å²) in [7, 11) is 0. The van der Waals surface area contributed by atoms with E-state index in [2.05, 4.69) is 17.5 Å². The van der Waals surface area contributed by atoms with E-state index in [1.165, 1.54) is 4.88 Å². The van der Waals surface area contributed by atoms with Crippen molar-refractivity contribution in [2.75, 3.05) is 25.4 Å². The van der Waals surface area contributed by atoms with Crippen LogP contribution in [-0.2, 0) is 4.79 Å². The average Bonchev–Trinajstić information content (AvgIpc) is 3.05.